The SMILES string of the molecule is C=C(CNC(C)(C)C)COc1ccc(OCCC)cc1. The zero-order chi connectivity index (χ0) is 15.0. The lowest BCUT2D eigenvalue weighted by Crippen LogP contribution is -2.37. The molecular weight excluding hydrogens is 250 g/mol. The maximum absolute atomic E-state index is 5.70. The van der Waals surface area contributed by atoms with Gasteiger partial charge in [-0.25, -0.2) is 0 Å². The Kier molecular flexibility index (Phi) is 6.59. The molecule has 0 heterocycles. The van der Waals surface area contributed by atoms with E-state index >= 15 is 0 Å². The Balaban J connectivity index is 2.32. The second-order valence-electron chi connectivity index (χ2n) is 5.96. The number of nitrogens with one attached hydrogen (secondary N) is 1. The lowest BCUT2D eigenvalue weighted by atomic mass is 10.1. The van der Waals surface area contributed by atoms with Crippen molar-refractivity contribution in [3.05, 3.63) is 36.4 Å². The molecule has 0 aliphatic carbocycles. The highest BCUT2D eigenvalue weighted by atomic mass is 16.5. The van der Waals surface area contributed by atoms with E-state index < -0.39 is 0 Å². The predicted octanol–water partition coefficient (Wildman–Crippen LogP) is 3.80. The van der Waals surface area contributed by atoms with Crippen molar-refractivity contribution in [1.29, 1.82) is 0 Å². The van der Waals surface area contributed by atoms with Crippen LogP contribution >= 0.6 is 0 Å². The van der Waals surface area contributed by atoms with E-state index in [-0.39, 0.29) is 5.54 Å². The van der Waals surface area contributed by atoms with E-state index in [4.69, 9.17) is 9.47 Å². The largest absolute Gasteiger partial charge is 0.494 e. The Morgan fingerprint density at radius 1 is 1.10 bits per heavy atom. The van der Waals surface area contributed by atoms with Crippen molar-refractivity contribution in [1.82, 2.24) is 5.32 Å². The van der Waals surface area contributed by atoms with E-state index in [0.29, 0.717) is 6.61 Å². The van der Waals surface area contributed by atoms with Gasteiger partial charge in [0.25, 0.3) is 0 Å². The Morgan fingerprint density at radius 3 is 2.15 bits per heavy atom. The molecule has 0 unspecified atom stereocenters. The molecule has 3 heteroatoms. The van der Waals surface area contributed by atoms with Crippen molar-refractivity contribution in [3.8, 4) is 11.5 Å². The maximum atomic E-state index is 5.70. The first kappa shape index (κ1) is 16.6. The Bertz CT molecular complexity index is 404. The van der Waals surface area contributed by atoms with Gasteiger partial charge < -0.3 is 14.8 Å². The van der Waals surface area contributed by atoms with Crippen molar-refractivity contribution >= 4 is 0 Å². The van der Waals surface area contributed by atoms with E-state index in [9.17, 15) is 0 Å². The molecule has 0 fully saturated rings. The van der Waals surface area contributed by atoms with Gasteiger partial charge in [-0.3, -0.25) is 0 Å². The van der Waals surface area contributed by atoms with Crippen molar-refractivity contribution < 1.29 is 9.47 Å². The highest BCUT2D eigenvalue weighted by Gasteiger charge is 2.08. The minimum absolute atomic E-state index is 0.0984. The second-order valence-corrected chi connectivity index (χ2v) is 5.96. The molecule has 0 atom stereocenters. The van der Waals surface area contributed by atoms with Crippen LogP contribution in [0.5, 0.6) is 11.5 Å². The summed E-state index contributed by atoms with van der Waals surface area (Å²) in [6.07, 6.45) is 1.01. The molecule has 0 aliphatic heterocycles. The zero-order valence-corrected chi connectivity index (χ0v) is 13.2. The molecule has 20 heavy (non-hydrogen) atoms. The van der Waals surface area contributed by atoms with Gasteiger partial charge >= 0.3 is 0 Å². The van der Waals surface area contributed by atoms with Crippen molar-refractivity contribution in [2.45, 2.75) is 39.7 Å². The lowest BCUT2D eigenvalue weighted by Gasteiger charge is -2.21. The van der Waals surface area contributed by atoms with Gasteiger partial charge in [0, 0.05) is 12.1 Å². The number of hydrogen-bond donors (Lipinski definition) is 1. The van der Waals surface area contributed by atoms with Crippen LogP contribution in [0.4, 0.5) is 0 Å². The van der Waals surface area contributed by atoms with Crippen LogP contribution in [0.15, 0.2) is 36.4 Å². The first-order valence-electron chi connectivity index (χ1n) is 7.18. The minimum Gasteiger partial charge on any atom is -0.494 e. The van der Waals surface area contributed by atoms with Crippen molar-refractivity contribution in [2.24, 2.45) is 0 Å². The summed E-state index contributed by atoms with van der Waals surface area (Å²) in [5.74, 6) is 1.72. The van der Waals surface area contributed by atoms with E-state index in [1.165, 1.54) is 0 Å². The van der Waals surface area contributed by atoms with Crippen LogP contribution in [0, 0.1) is 0 Å². The molecule has 0 bridgehead atoms. The van der Waals surface area contributed by atoms with Crippen LogP contribution in [0.25, 0.3) is 0 Å². The van der Waals surface area contributed by atoms with Crippen LogP contribution in [-0.4, -0.2) is 25.3 Å². The monoisotopic (exact) mass is 277 g/mol. The Hall–Kier alpha value is -1.48. The molecule has 112 valence electrons. The molecule has 1 N–H and O–H groups in total. The fourth-order valence-corrected chi connectivity index (χ4v) is 1.48. The number of ether oxygens (including phenoxy) is 2. The molecule has 0 spiro atoms. The van der Waals surface area contributed by atoms with Crippen LogP contribution in [-0.2, 0) is 0 Å². The van der Waals surface area contributed by atoms with E-state index in [1.807, 2.05) is 24.3 Å². The summed E-state index contributed by atoms with van der Waals surface area (Å²) >= 11 is 0. The zero-order valence-electron chi connectivity index (χ0n) is 13.2. The normalized spacial score (nSPS) is 11.2. The quantitative estimate of drug-likeness (QED) is 0.733. The third kappa shape index (κ3) is 7.19. The predicted molar refractivity (Wildman–Crippen MR) is 84.6 cm³/mol. The van der Waals surface area contributed by atoms with Gasteiger partial charge in [-0.1, -0.05) is 13.5 Å². The third-order valence-corrected chi connectivity index (χ3v) is 2.61. The van der Waals surface area contributed by atoms with Crippen LogP contribution in [0.2, 0.25) is 0 Å². The molecule has 0 radical (unpaired) electrons. The summed E-state index contributed by atoms with van der Waals surface area (Å²) in [5.41, 5.74) is 1.13. The first-order valence-corrected chi connectivity index (χ1v) is 7.18. The Labute approximate surface area is 123 Å². The third-order valence-electron chi connectivity index (χ3n) is 2.61. The first-order chi connectivity index (χ1) is 9.40. The average Bonchev–Trinajstić information content (AvgIpc) is 2.41. The summed E-state index contributed by atoms with van der Waals surface area (Å²) in [7, 11) is 0. The number of hydrogen-bond acceptors (Lipinski definition) is 3. The van der Waals surface area contributed by atoms with Gasteiger partial charge in [-0.05, 0) is 57.0 Å². The summed E-state index contributed by atoms with van der Waals surface area (Å²) in [5, 5.41) is 3.39. The van der Waals surface area contributed by atoms with Crippen LogP contribution in [0.1, 0.15) is 34.1 Å². The standard InChI is InChI=1S/C17H27NO2/c1-6-11-19-15-7-9-16(10-8-15)20-13-14(2)12-18-17(3,4)5/h7-10,18H,2,6,11-13H2,1,3-5H3. The smallest absolute Gasteiger partial charge is 0.120 e. The second kappa shape index (κ2) is 7.95. The molecule has 0 saturated heterocycles. The molecule has 0 aliphatic rings. The van der Waals surface area contributed by atoms with Crippen LogP contribution < -0.4 is 14.8 Å². The van der Waals surface area contributed by atoms with E-state index in [0.717, 1.165) is 36.6 Å². The van der Waals surface area contributed by atoms with Gasteiger partial charge in [0.1, 0.15) is 18.1 Å². The van der Waals surface area contributed by atoms with Crippen LogP contribution in [0.3, 0.4) is 0 Å². The molecule has 1 aromatic rings. The molecule has 0 saturated carbocycles. The average molecular weight is 277 g/mol. The highest BCUT2D eigenvalue weighted by molar-refractivity contribution is 5.31. The van der Waals surface area contributed by atoms with E-state index in [2.05, 4.69) is 39.6 Å². The van der Waals surface area contributed by atoms with Gasteiger partial charge in [-0.2, -0.15) is 0 Å². The molecule has 1 rings (SSSR count). The molecular formula is C17H27NO2. The molecule has 0 amide bonds. The topological polar surface area (TPSA) is 30.5 Å². The maximum Gasteiger partial charge on any atom is 0.120 e. The van der Waals surface area contributed by atoms with Crippen molar-refractivity contribution in [3.63, 3.8) is 0 Å². The minimum atomic E-state index is 0.0984. The molecule has 0 aromatic heterocycles. The van der Waals surface area contributed by atoms with Gasteiger partial charge in [0.05, 0.1) is 6.61 Å². The lowest BCUT2D eigenvalue weighted by molar-refractivity contribution is 0.314. The summed E-state index contributed by atoms with van der Waals surface area (Å²) in [6.45, 7) is 14.6. The molecule has 3 nitrogen and oxygen atoms in total. The highest BCUT2D eigenvalue weighted by Crippen LogP contribution is 2.18. The van der Waals surface area contributed by atoms with E-state index in [1.54, 1.807) is 0 Å². The fraction of sp³-hybridized carbons (Fsp3) is 0.529. The summed E-state index contributed by atoms with van der Waals surface area (Å²) in [4.78, 5) is 0. The Morgan fingerprint density at radius 2 is 1.65 bits per heavy atom. The number of rotatable bonds is 8. The molecule has 1 aromatic carbocycles. The van der Waals surface area contributed by atoms with Gasteiger partial charge in [0.2, 0.25) is 0 Å². The van der Waals surface area contributed by atoms with Gasteiger partial charge in [-0.15, -0.1) is 0 Å². The summed E-state index contributed by atoms with van der Waals surface area (Å²) in [6, 6.07) is 7.72. The van der Waals surface area contributed by atoms with Crippen molar-refractivity contribution in [2.75, 3.05) is 19.8 Å². The fourth-order valence-electron chi connectivity index (χ4n) is 1.48. The van der Waals surface area contributed by atoms with Gasteiger partial charge in [0.15, 0.2) is 0 Å². The summed E-state index contributed by atoms with van der Waals surface area (Å²) < 4.78 is 11.2. The number of benzene rings is 1.